The fourth-order valence-corrected chi connectivity index (χ4v) is 2.29. The summed E-state index contributed by atoms with van der Waals surface area (Å²) in [5, 5.41) is 1.65. The van der Waals surface area contributed by atoms with E-state index >= 15 is 0 Å². The summed E-state index contributed by atoms with van der Waals surface area (Å²) in [4.78, 5) is 12.2. The lowest BCUT2D eigenvalue weighted by molar-refractivity contribution is 0.489. The summed E-state index contributed by atoms with van der Waals surface area (Å²) in [5.41, 5.74) is 1.59. The minimum atomic E-state index is 0.401. The zero-order valence-electron chi connectivity index (χ0n) is 8.50. The van der Waals surface area contributed by atoms with Gasteiger partial charge in [0.1, 0.15) is 22.0 Å². The van der Waals surface area contributed by atoms with E-state index in [9.17, 15) is 0 Å². The summed E-state index contributed by atoms with van der Waals surface area (Å²) in [6, 6.07) is 9.26. The smallest absolute Gasteiger partial charge is 0.263 e. The van der Waals surface area contributed by atoms with Gasteiger partial charge in [-0.1, -0.05) is 23.7 Å². The van der Waals surface area contributed by atoms with Crippen LogP contribution in [0.4, 0.5) is 0 Å². The van der Waals surface area contributed by atoms with Crippen LogP contribution in [-0.4, -0.2) is 15.0 Å². The van der Waals surface area contributed by atoms with Crippen LogP contribution in [-0.2, 0) is 0 Å². The summed E-state index contributed by atoms with van der Waals surface area (Å²) in [6.45, 7) is 0. The number of halogens is 1. The number of rotatable bonds is 2. The van der Waals surface area contributed by atoms with E-state index in [0.717, 1.165) is 11.1 Å². The summed E-state index contributed by atoms with van der Waals surface area (Å²) in [7, 11) is 0. The number of para-hydroxylation sites is 2. The molecule has 17 heavy (non-hydrogen) atoms. The molecule has 0 saturated carbocycles. The summed E-state index contributed by atoms with van der Waals surface area (Å²) >= 11 is 7.09. The van der Waals surface area contributed by atoms with Crippen molar-refractivity contribution in [2.75, 3.05) is 0 Å². The Morgan fingerprint density at radius 2 is 2.06 bits per heavy atom. The van der Waals surface area contributed by atoms with Gasteiger partial charge in [-0.2, -0.15) is 0 Å². The van der Waals surface area contributed by atoms with Gasteiger partial charge in [-0.15, -0.1) is 0 Å². The molecular formula is C11H6ClN3OS. The summed E-state index contributed by atoms with van der Waals surface area (Å²) in [5.74, 6) is 0. The summed E-state index contributed by atoms with van der Waals surface area (Å²) < 4.78 is 5.56. The lowest BCUT2D eigenvalue weighted by Gasteiger charge is -1.94. The summed E-state index contributed by atoms with van der Waals surface area (Å²) in [6.07, 6.45) is 1.41. The van der Waals surface area contributed by atoms with Crippen LogP contribution in [0.15, 0.2) is 51.3 Å². The SMILES string of the molecule is Clc1cc(Sc2nc3ccccc3o2)ncn1. The molecule has 0 N–H and O–H groups in total. The molecule has 0 radical (unpaired) electrons. The molecule has 0 amide bonds. The Labute approximate surface area is 106 Å². The number of hydrogen-bond donors (Lipinski definition) is 0. The molecule has 3 rings (SSSR count). The second kappa shape index (κ2) is 4.35. The Hall–Kier alpha value is -1.59. The Morgan fingerprint density at radius 3 is 2.88 bits per heavy atom. The maximum atomic E-state index is 5.77. The van der Waals surface area contributed by atoms with Gasteiger partial charge in [0, 0.05) is 6.07 Å². The van der Waals surface area contributed by atoms with Crippen molar-refractivity contribution in [3.63, 3.8) is 0 Å². The molecule has 4 nitrogen and oxygen atoms in total. The highest BCUT2D eigenvalue weighted by molar-refractivity contribution is 7.99. The molecule has 0 atom stereocenters. The van der Waals surface area contributed by atoms with Crippen molar-refractivity contribution in [1.82, 2.24) is 15.0 Å². The van der Waals surface area contributed by atoms with Crippen LogP contribution in [0.1, 0.15) is 0 Å². The Balaban J connectivity index is 1.94. The van der Waals surface area contributed by atoms with Crippen molar-refractivity contribution in [3.8, 4) is 0 Å². The van der Waals surface area contributed by atoms with Gasteiger partial charge in [0.05, 0.1) is 0 Å². The first kappa shape index (κ1) is 10.6. The van der Waals surface area contributed by atoms with Gasteiger partial charge in [0.15, 0.2) is 5.58 Å². The maximum Gasteiger partial charge on any atom is 0.263 e. The Morgan fingerprint density at radius 1 is 1.18 bits per heavy atom. The van der Waals surface area contributed by atoms with E-state index in [2.05, 4.69) is 15.0 Å². The molecule has 84 valence electrons. The van der Waals surface area contributed by atoms with Gasteiger partial charge in [-0.3, -0.25) is 0 Å². The van der Waals surface area contributed by atoms with Crippen LogP contribution in [0.25, 0.3) is 11.1 Å². The molecule has 0 unspecified atom stereocenters. The van der Waals surface area contributed by atoms with Crippen molar-refractivity contribution < 1.29 is 4.42 Å². The molecule has 6 heteroatoms. The number of nitrogens with zero attached hydrogens (tertiary/aromatic N) is 3. The highest BCUT2D eigenvalue weighted by Gasteiger charge is 2.08. The average Bonchev–Trinajstić information content (AvgIpc) is 2.71. The second-order valence-corrected chi connectivity index (χ2v) is 4.59. The van der Waals surface area contributed by atoms with E-state index in [0.29, 0.717) is 15.4 Å². The Bertz CT molecular complexity index is 637. The lowest BCUT2D eigenvalue weighted by atomic mass is 10.3. The molecule has 0 aliphatic heterocycles. The number of oxazole rings is 1. The first-order valence-electron chi connectivity index (χ1n) is 4.82. The van der Waals surface area contributed by atoms with Crippen LogP contribution >= 0.6 is 23.4 Å². The number of benzene rings is 1. The second-order valence-electron chi connectivity index (χ2n) is 3.23. The third kappa shape index (κ3) is 2.25. The minimum absolute atomic E-state index is 0.401. The molecule has 1 aromatic carbocycles. The highest BCUT2D eigenvalue weighted by Crippen LogP contribution is 2.28. The highest BCUT2D eigenvalue weighted by atomic mass is 35.5. The van der Waals surface area contributed by atoms with Crippen LogP contribution in [0.2, 0.25) is 5.15 Å². The molecular weight excluding hydrogens is 258 g/mol. The fraction of sp³-hybridized carbons (Fsp3) is 0. The molecule has 0 saturated heterocycles. The van der Waals surface area contributed by atoms with E-state index in [4.69, 9.17) is 16.0 Å². The Kier molecular flexibility index (Phi) is 2.70. The van der Waals surface area contributed by atoms with Crippen molar-refractivity contribution in [2.45, 2.75) is 10.2 Å². The van der Waals surface area contributed by atoms with Crippen molar-refractivity contribution >= 4 is 34.5 Å². The number of fused-ring (bicyclic) bond motifs is 1. The molecule has 2 heterocycles. The van der Waals surface area contributed by atoms with E-state index in [1.54, 1.807) is 6.07 Å². The zero-order chi connectivity index (χ0) is 11.7. The third-order valence-electron chi connectivity index (χ3n) is 2.07. The zero-order valence-corrected chi connectivity index (χ0v) is 10.1. The quantitative estimate of drug-likeness (QED) is 0.663. The van der Waals surface area contributed by atoms with Gasteiger partial charge in [0.2, 0.25) is 0 Å². The first-order chi connectivity index (χ1) is 8.31. The molecule has 0 bridgehead atoms. The van der Waals surface area contributed by atoms with Crippen LogP contribution < -0.4 is 0 Å². The van der Waals surface area contributed by atoms with E-state index in [1.165, 1.54) is 18.1 Å². The van der Waals surface area contributed by atoms with Crippen LogP contribution in [0, 0.1) is 0 Å². The third-order valence-corrected chi connectivity index (χ3v) is 3.06. The van der Waals surface area contributed by atoms with Gasteiger partial charge >= 0.3 is 0 Å². The lowest BCUT2D eigenvalue weighted by Crippen LogP contribution is -1.82. The standard InChI is InChI=1S/C11H6ClN3OS/c12-9-5-10(14-6-13-9)17-11-15-7-3-1-2-4-8(7)16-11/h1-6H. The predicted octanol–water partition coefficient (Wildman–Crippen LogP) is 3.42. The van der Waals surface area contributed by atoms with Crippen molar-refractivity contribution in [2.24, 2.45) is 0 Å². The molecule has 0 spiro atoms. The van der Waals surface area contributed by atoms with Gasteiger partial charge in [-0.05, 0) is 23.9 Å². The normalized spacial score (nSPS) is 10.9. The molecule has 2 aromatic heterocycles. The van der Waals surface area contributed by atoms with Gasteiger partial charge in [-0.25, -0.2) is 15.0 Å². The van der Waals surface area contributed by atoms with E-state index < -0.39 is 0 Å². The van der Waals surface area contributed by atoms with Crippen LogP contribution in [0.3, 0.4) is 0 Å². The van der Waals surface area contributed by atoms with Gasteiger partial charge in [0.25, 0.3) is 5.22 Å². The molecule has 0 aliphatic rings. The first-order valence-corrected chi connectivity index (χ1v) is 6.02. The maximum absolute atomic E-state index is 5.77. The van der Waals surface area contributed by atoms with E-state index in [1.807, 2.05) is 24.3 Å². The van der Waals surface area contributed by atoms with Crippen molar-refractivity contribution in [1.29, 1.82) is 0 Å². The number of aromatic nitrogens is 3. The molecule has 3 aromatic rings. The average molecular weight is 264 g/mol. The van der Waals surface area contributed by atoms with Gasteiger partial charge < -0.3 is 4.42 Å². The minimum Gasteiger partial charge on any atom is -0.431 e. The topological polar surface area (TPSA) is 51.8 Å². The predicted molar refractivity (Wildman–Crippen MR) is 65.2 cm³/mol. The van der Waals surface area contributed by atoms with Crippen molar-refractivity contribution in [3.05, 3.63) is 41.8 Å². The monoisotopic (exact) mass is 263 g/mol. The molecule has 0 fully saturated rings. The largest absolute Gasteiger partial charge is 0.431 e. The fourth-order valence-electron chi connectivity index (χ4n) is 1.36. The van der Waals surface area contributed by atoms with E-state index in [-0.39, 0.29) is 0 Å². The van der Waals surface area contributed by atoms with Crippen LogP contribution in [0.5, 0.6) is 0 Å². The number of hydrogen-bond acceptors (Lipinski definition) is 5. The molecule has 0 aliphatic carbocycles.